The standard InChI is InChI=1S/C9H15NO4/c1-9(2,3)14-8(13)6(5-11)7(12)10-4/h5,11H,1-4H3,(H,10,12). The molecular weight excluding hydrogens is 186 g/mol. The van der Waals surface area contributed by atoms with Gasteiger partial charge in [-0.05, 0) is 20.8 Å². The van der Waals surface area contributed by atoms with Crippen molar-refractivity contribution in [3.05, 3.63) is 11.8 Å². The van der Waals surface area contributed by atoms with Gasteiger partial charge in [-0.3, -0.25) is 4.79 Å². The van der Waals surface area contributed by atoms with Crippen LogP contribution in [0.2, 0.25) is 0 Å². The van der Waals surface area contributed by atoms with E-state index in [4.69, 9.17) is 9.84 Å². The Morgan fingerprint density at radius 3 is 2.14 bits per heavy atom. The SMILES string of the molecule is CNC(=O)C(=CO)C(=O)OC(C)(C)C. The van der Waals surface area contributed by atoms with Gasteiger partial charge in [0.2, 0.25) is 0 Å². The predicted octanol–water partition coefficient (Wildman–Crippen LogP) is 0.516. The van der Waals surface area contributed by atoms with Crippen molar-refractivity contribution in [3.63, 3.8) is 0 Å². The Bertz CT molecular complexity index is 262. The number of carbonyl (C=O) groups excluding carboxylic acids is 2. The summed E-state index contributed by atoms with van der Waals surface area (Å²) in [6.45, 7) is 5.01. The molecule has 0 radical (unpaired) electrons. The lowest BCUT2D eigenvalue weighted by molar-refractivity contribution is -0.151. The van der Waals surface area contributed by atoms with Crippen LogP contribution in [-0.2, 0) is 14.3 Å². The number of ether oxygens (including phenoxy) is 1. The molecule has 14 heavy (non-hydrogen) atoms. The van der Waals surface area contributed by atoms with Crippen molar-refractivity contribution in [2.24, 2.45) is 0 Å². The van der Waals surface area contributed by atoms with E-state index in [0.717, 1.165) is 0 Å². The van der Waals surface area contributed by atoms with Gasteiger partial charge in [0.1, 0.15) is 5.60 Å². The van der Waals surface area contributed by atoms with Crippen LogP contribution in [0.15, 0.2) is 11.8 Å². The number of likely N-dealkylation sites (N-methyl/N-ethyl adjacent to an activating group) is 1. The van der Waals surface area contributed by atoms with Gasteiger partial charge in [0, 0.05) is 7.05 Å². The molecule has 0 spiro atoms. The Morgan fingerprint density at radius 1 is 1.36 bits per heavy atom. The minimum atomic E-state index is -0.848. The average molecular weight is 201 g/mol. The number of hydrogen-bond acceptors (Lipinski definition) is 4. The summed E-state index contributed by atoms with van der Waals surface area (Å²) in [5.41, 5.74) is -1.11. The van der Waals surface area contributed by atoms with Gasteiger partial charge in [-0.1, -0.05) is 0 Å². The maximum atomic E-state index is 11.3. The lowest BCUT2D eigenvalue weighted by Crippen LogP contribution is -2.31. The summed E-state index contributed by atoms with van der Waals surface area (Å²) >= 11 is 0. The maximum absolute atomic E-state index is 11.3. The van der Waals surface area contributed by atoms with E-state index < -0.39 is 23.1 Å². The highest BCUT2D eigenvalue weighted by Crippen LogP contribution is 2.10. The molecule has 5 heteroatoms. The van der Waals surface area contributed by atoms with Crippen LogP contribution in [0.1, 0.15) is 20.8 Å². The second kappa shape index (κ2) is 4.64. The van der Waals surface area contributed by atoms with E-state index in [9.17, 15) is 9.59 Å². The zero-order valence-corrected chi connectivity index (χ0v) is 8.75. The van der Waals surface area contributed by atoms with Gasteiger partial charge in [-0.25, -0.2) is 4.79 Å². The van der Waals surface area contributed by atoms with Crippen molar-refractivity contribution < 1.29 is 19.4 Å². The van der Waals surface area contributed by atoms with Crippen molar-refractivity contribution in [3.8, 4) is 0 Å². The van der Waals surface area contributed by atoms with E-state index in [2.05, 4.69) is 5.32 Å². The van der Waals surface area contributed by atoms with E-state index in [1.54, 1.807) is 20.8 Å². The smallest absolute Gasteiger partial charge is 0.347 e. The quantitative estimate of drug-likeness (QED) is 0.224. The second-order valence-electron chi connectivity index (χ2n) is 3.62. The van der Waals surface area contributed by atoms with Crippen molar-refractivity contribution in [2.45, 2.75) is 26.4 Å². The normalized spacial score (nSPS) is 12.1. The molecule has 0 saturated carbocycles. The summed E-state index contributed by atoms with van der Waals surface area (Å²) in [5, 5.41) is 10.9. The summed E-state index contributed by atoms with van der Waals surface area (Å²) in [7, 11) is 1.36. The molecule has 0 rings (SSSR count). The molecule has 0 heterocycles. The molecule has 80 valence electrons. The Morgan fingerprint density at radius 2 is 1.86 bits per heavy atom. The third-order valence-corrected chi connectivity index (χ3v) is 1.22. The summed E-state index contributed by atoms with van der Waals surface area (Å²) in [4.78, 5) is 22.3. The molecule has 2 N–H and O–H groups in total. The predicted molar refractivity (Wildman–Crippen MR) is 50.6 cm³/mol. The first-order chi connectivity index (χ1) is 6.31. The largest absolute Gasteiger partial charge is 0.514 e. The Hall–Kier alpha value is -1.52. The minimum Gasteiger partial charge on any atom is -0.514 e. The van der Waals surface area contributed by atoms with E-state index in [-0.39, 0.29) is 0 Å². The van der Waals surface area contributed by atoms with Crippen LogP contribution in [0.4, 0.5) is 0 Å². The first kappa shape index (κ1) is 12.5. The zero-order chi connectivity index (χ0) is 11.4. The summed E-state index contributed by atoms with van der Waals surface area (Å²) < 4.78 is 4.89. The lowest BCUT2D eigenvalue weighted by atomic mass is 10.2. The van der Waals surface area contributed by atoms with Crippen LogP contribution >= 0.6 is 0 Å². The number of nitrogens with one attached hydrogen (secondary N) is 1. The van der Waals surface area contributed by atoms with Crippen molar-refractivity contribution in [1.29, 1.82) is 0 Å². The van der Waals surface area contributed by atoms with Gasteiger partial charge < -0.3 is 15.2 Å². The summed E-state index contributed by atoms with van der Waals surface area (Å²) in [6.07, 6.45) is 0.437. The van der Waals surface area contributed by atoms with E-state index >= 15 is 0 Å². The number of hydrogen-bond donors (Lipinski definition) is 2. The molecule has 0 atom stereocenters. The average Bonchev–Trinajstić information content (AvgIpc) is 2.01. The van der Waals surface area contributed by atoms with Crippen LogP contribution in [0, 0.1) is 0 Å². The molecule has 5 nitrogen and oxygen atoms in total. The number of aliphatic hydroxyl groups is 1. The van der Waals surface area contributed by atoms with Gasteiger partial charge in [-0.2, -0.15) is 0 Å². The van der Waals surface area contributed by atoms with Gasteiger partial charge in [0.25, 0.3) is 5.91 Å². The van der Waals surface area contributed by atoms with E-state index in [1.165, 1.54) is 7.05 Å². The Kier molecular flexibility index (Phi) is 4.14. The molecule has 0 aromatic heterocycles. The highest BCUT2D eigenvalue weighted by Gasteiger charge is 2.24. The summed E-state index contributed by atoms with van der Waals surface area (Å²) in [5.74, 6) is -1.53. The van der Waals surface area contributed by atoms with Crippen molar-refractivity contribution in [2.75, 3.05) is 7.05 Å². The monoisotopic (exact) mass is 201 g/mol. The fraction of sp³-hybridized carbons (Fsp3) is 0.556. The van der Waals surface area contributed by atoms with E-state index in [0.29, 0.717) is 6.26 Å². The molecule has 1 amide bonds. The van der Waals surface area contributed by atoms with Crippen LogP contribution in [0.25, 0.3) is 0 Å². The summed E-state index contributed by atoms with van der Waals surface area (Å²) in [6, 6.07) is 0. The molecule has 0 aromatic carbocycles. The van der Waals surface area contributed by atoms with Crippen molar-refractivity contribution >= 4 is 11.9 Å². The van der Waals surface area contributed by atoms with Crippen LogP contribution in [-0.4, -0.2) is 29.6 Å². The molecule has 0 aromatic rings. The first-order valence-electron chi connectivity index (χ1n) is 4.11. The number of esters is 1. The van der Waals surface area contributed by atoms with Gasteiger partial charge in [0.15, 0.2) is 5.57 Å². The third-order valence-electron chi connectivity index (χ3n) is 1.22. The topological polar surface area (TPSA) is 75.6 Å². The van der Waals surface area contributed by atoms with E-state index in [1.807, 2.05) is 0 Å². The molecule has 0 bridgehead atoms. The van der Waals surface area contributed by atoms with Crippen molar-refractivity contribution in [1.82, 2.24) is 5.32 Å². The number of carbonyl (C=O) groups is 2. The lowest BCUT2D eigenvalue weighted by Gasteiger charge is -2.19. The molecule has 0 aliphatic heterocycles. The first-order valence-corrected chi connectivity index (χ1v) is 4.11. The second-order valence-corrected chi connectivity index (χ2v) is 3.62. The zero-order valence-electron chi connectivity index (χ0n) is 8.75. The molecule has 0 aliphatic rings. The van der Waals surface area contributed by atoms with Gasteiger partial charge in [0.05, 0.1) is 6.26 Å². The molecule has 0 saturated heterocycles. The fourth-order valence-electron chi connectivity index (χ4n) is 0.672. The highest BCUT2D eigenvalue weighted by molar-refractivity contribution is 6.16. The molecule has 0 aliphatic carbocycles. The number of amides is 1. The number of aliphatic hydroxyl groups excluding tert-OH is 1. The van der Waals surface area contributed by atoms with Crippen LogP contribution in [0.5, 0.6) is 0 Å². The Labute approximate surface area is 82.7 Å². The Balaban J connectivity index is 4.59. The van der Waals surface area contributed by atoms with Crippen LogP contribution < -0.4 is 5.32 Å². The number of rotatable bonds is 2. The molecule has 0 fully saturated rings. The van der Waals surface area contributed by atoms with Crippen LogP contribution in [0.3, 0.4) is 0 Å². The fourth-order valence-corrected chi connectivity index (χ4v) is 0.672. The third kappa shape index (κ3) is 3.93. The minimum absolute atomic E-state index is 0.414. The molecule has 0 unspecified atom stereocenters. The van der Waals surface area contributed by atoms with Gasteiger partial charge >= 0.3 is 5.97 Å². The van der Waals surface area contributed by atoms with Gasteiger partial charge in [-0.15, -0.1) is 0 Å². The maximum Gasteiger partial charge on any atom is 0.347 e. The molecular formula is C9H15NO4. The highest BCUT2D eigenvalue weighted by atomic mass is 16.6.